The van der Waals surface area contributed by atoms with E-state index in [4.69, 9.17) is 4.74 Å². The molecule has 3 aromatic carbocycles. The summed E-state index contributed by atoms with van der Waals surface area (Å²) in [5, 5.41) is 9.42. The molecular weight excluding hydrogens is 436 g/mol. The largest absolute Gasteiger partial charge is 0.487 e. The lowest BCUT2D eigenvalue weighted by molar-refractivity contribution is 0.101. The topological polar surface area (TPSA) is 61.9 Å². The van der Waals surface area contributed by atoms with Crippen molar-refractivity contribution < 1.29 is 9.53 Å². The van der Waals surface area contributed by atoms with Crippen molar-refractivity contribution in [2.24, 2.45) is 0 Å². The number of carbonyl (C=O) groups is 1. The van der Waals surface area contributed by atoms with Gasteiger partial charge in [0.05, 0.1) is 11.9 Å². The van der Waals surface area contributed by atoms with Crippen molar-refractivity contribution in [3.05, 3.63) is 107 Å². The molecule has 0 spiro atoms. The molecule has 0 radical (unpaired) electrons. The number of aromatic nitrogens is 4. The van der Waals surface area contributed by atoms with Crippen LogP contribution in [0.2, 0.25) is 0 Å². The summed E-state index contributed by atoms with van der Waals surface area (Å²) >= 11 is 0. The third kappa shape index (κ3) is 4.47. The van der Waals surface area contributed by atoms with E-state index in [0.29, 0.717) is 12.3 Å². The molecule has 0 atom stereocenters. The Morgan fingerprint density at radius 2 is 1.74 bits per heavy atom. The van der Waals surface area contributed by atoms with Crippen molar-refractivity contribution >= 4 is 16.7 Å². The van der Waals surface area contributed by atoms with Gasteiger partial charge in [0.25, 0.3) is 0 Å². The lowest BCUT2D eigenvalue weighted by atomic mass is 10.1. The van der Waals surface area contributed by atoms with Gasteiger partial charge in [-0.15, -0.1) is 5.10 Å². The van der Waals surface area contributed by atoms with Gasteiger partial charge in [-0.05, 0) is 74.7 Å². The van der Waals surface area contributed by atoms with Gasteiger partial charge in [0.2, 0.25) is 0 Å². The summed E-state index contributed by atoms with van der Waals surface area (Å²) in [5.74, 6) is 0.741. The van der Waals surface area contributed by atoms with E-state index < -0.39 is 0 Å². The van der Waals surface area contributed by atoms with E-state index in [1.54, 1.807) is 11.6 Å². The minimum absolute atomic E-state index is 0.0489. The Balaban J connectivity index is 1.40. The standard InChI is InChI=1S/C29H28N4O2/c1-19-10-11-25(14-20(19)2)33-17-24(30-31-33)18-35-26-12-13-28-27(15-26)29(22(4)34)21(3)32(28)16-23-8-6-5-7-9-23/h5-15,17H,16,18H2,1-4H3. The number of hydrogen-bond acceptors (Lipinski definition) is 4. The number of rotatable bonds is 7. The van der Waals surface area contributed by atoms with E-state index in [9.17, 15) is 4.79 Å². The first kappa shape index (κ1) is 22.6. The van der Waals surface area contributed by atoms with Gasteiger partial charge >= 0.3 is 0 Å². The SMILES string of the molecule is CC(=O)c1c(C)n(Cc2ccccc2)c2ccc(OCc3cn(-c4ccc(C)c(C)c4)nn3)cc12. The minimum atomic E-state index is 0.0489. The molecule has 176 valence electrons. The Labute approximate surface area is 204 Å². The van der Waals surface area contributed by atoms with E-state index in [1.807, 2.05) is 55.6 Å². The van der Waals surface area contributed by atoms with Crippen LogP contribution in [-0.4, -0.2) is 25.3 Å². The van der Waals surface area contributed by atoms with Crippen molar-refractivity contribution in [1.29, 1.82) is 0 Å². The number of carbonyl (C=O) groups excluding carboxylic acids is 1. The molecule has 0 saturated carbocycles. The van der Waals surface area contributed by atoms with Crippen molar-refractivity contribution in [2.75, 3.05) is 0 Å². The minimum Gasteiger partial charge on any atom is -0.487 e. The Hall–Kier alpha value is -4.19. The van der Waals surface area contributed by atoms with Gasteiger partial charge in [0.1, 0.15) is 18.1 Å². The molecular formula is C29H28N4O2. The van der Waals surface area contributed by atoms with Crippen molar-refractivity contribution in [3.8, 4) is 11.4 Å². The third-order valence-corrected chi connectivity index (χ3v) is 6.51. The van der Waals surface area contributed by atoms with Crippen LogP contribution >= 0.6 is 0 Å². The fourth-order valence-corrected chi connectivity index (χ4v) is 4.48. The molecule has 2 aromatic heterocycles. The zero-order valence-corrected chi connectivity index (χ0v) is 20.4. The lowest BCUT2D eigenvalue weighted by Crippen LogP contribution is -2.03. The van der Waals surface area contributed by atoms with Gasteiger partial charge in [-0.3, -0.25) is 4.79 Å². The molecule has 2 heterocycles. The Morgan fingerprint density at radius 3 is 2.49 bits per heavy atom. The maximum Gasteiger partial charge on any atom is 0.162 e. The van der Waals surface area contributed by atoms with Crippen molar-refractivity contribution in [2.45, 2.75) is 40.8 Å². The van der Waals surface area contributed by atoms with Gasteiger partial charge < -0.3 is 9.30 Å². The number of ether oxygens (including phenoxy) is 1. The van der Waals surface area contributed by atoms with Crippen LogP contribution in [0.3, 0.4) is 0 Å². The summed E-state index contributed by atoms with van der Waals surface area (Å²) in [5.41, 5.74) is 8.05. The number of Topliss-reactive ketones (excluding diaryl/α,β-unsaturated/α-hetero) is 1. The number of fused-ring (bicyclic) bond motifs is 1. The van der Waals surface area contributed by atoms with Crippen LogP contribution in [0.5, 0.6) is 5.75 Å². The average Bonchev–Trinajstić information content (AvgIpc) is 3.43. The molecule has 35 heavy (non-hydrogen) atoms. The number of ketones is 1. The zero-order valence-electron chi connectivity index (χ0n) is 20.4. The summed E-state index contributed by atoms with van der Waals surface area (Å²) in [4.78, 5) is 12.5. The predicted molar refractivity (Wildman–Crippen MR) is 137 cm³/mol. The van der Waals surface area contributed by atoms with Gasteiger partial charge in [-0.2, -0.15) is 0 Å². The van der Waals surface area contributed by atoms with Crippen LogP contribution in [0, 0.1) is 20.8 Å². The third-order valence-electron chi connectivity index (χ3n) is 6.51. The van der Waals surface area contributed by atoms with Crippen LogP contribution in [0.25, 0.3) is 16.6 Å². The molecule has 0 aliphatic heterocycles. The Bertz CT molecular complexity index is 1530. The molecule has 0 saturated heterocycles. The molecule has 0 unspecified atom stereocenters. The van der Waals surface area contributed by atoms with E-state index in [-0.39, 0.29) is 12.4 Å². The zero-order chi connectivity index (χ0) is 24.5. The first-order valence-corrected chi connectivity index (χ1v) is 11.7. The van der Waals surface area contributed by atoms with Gasteiger partial charge in [-0.1, -0.05) is 41.6 Å². The Morgan fingerprint density at radius 1 is 0.943 bits per heavy atom. The number of aryl methyl sites for hydroxylation is 2. The van der Waals surface area contributed by atoms with E-state index in [1.165, 1.54) is 16.7 Å². The fourth-order valence-electron chi connectivity index (χ4n) is 4.48. The van der Waals surface area contributed by atoms with Crippen LogP contribution < -0.4 is 4.74 Å². The number of benzene rings is 3. The maximum atomic E-state index is 12.5. The van der Waals surface area contributed by atoms with E-state index in [0.717, 1.165) is 33.5 Å². The second kappa shape index (κ2) is 9.22. The summed E-state index contributed by atoms with van der Waals surface area (Å²) in [7, 11) is 0. The average molecular weight is 465 g/mol. The Kier molecular flexibility index (Phi) is 5.95. The summed E-state index contributed by atoms with van der Waals surface area (Å²) < 4.78 is 10.0. The molecule has 5 aromatic rings. The van der Waals surface area contributed by atoms with Crippen LogP contribution in [0.1, 0.15) is 45.4 Å². The second-order valence-electron chi connectivity index (χ2n) is 8.98. The monoisotopic (exact) mass is 464 g/mol. The second-order valence-corrected chi connectivity index (χ2v) is 8.98. The molecule has 0 N–H and O–H groups in total. The molecule has 0 aliphatic carbocycles. The smallest absolute Gasteiger partial charge is 0.162 e. The fraction of sp³-hybridized carbons (Fsp3) is 0.207. The van der Waals surface area contributed by atoms with Gasteiger partial charge in [0, 0.05) is 28.7 Å². The van der Waals surface area contributed by atoms with Crippen LogP contribution in [0.4, 0.5) is 0 Å². The highest BCUT2D eigenvalue weighted by molar-refractivity contribution is 6.08. The van der Waals surface area contributed by atoms with Crippen molar-refractivity contribution in [3.63, 3.8) is 0 Å². The first-order chi connectivity index (χ1) is 16.9. The van der Waals surface area contributed by atoms with Crippen LogP contribution in [0.15, 0.2) is 72.9 Å². The van der Waals surface area contributed by atoms with E-state index in [2.05, 4.69) is 53.0 Å². The quantitative estimate of drug-likeness (QED) is 0.278. The molecule has 0 fully saturated rings. The van der Waals surface area contributed by atoms with E-state index >= 15 is 0 Å². The highest BCUT2D eigenvalue weighted by Gasteiger charge is 2.18. The molecule has 6 heteroatoms. The van der Waals surface area contributed by atoms with Crippen LogP contribution in [-0.2, 0) is 13.2 Å². The first-order valence-electron chi connectivity index (χ1n) is 11.7. The molecule has 0 bridgehead atoms. The summed E-state index contributed by atoms with van der Waals surface area (Å²) in [6, 6.07) is 22.4. The highest BCUT2D eigenvalue weighted by Crippen LogP contribution is 2.31. The highest BCUT2D eigenvalue weighted by atomic mass is 16.5. The molecule has 6 nitrogen and oxygen atoms in total. The van der Waals surface area contributed by atoms with Crippen molar-refractivity contribution in [1.82, 2.24) is 19.6 Å². The molecule has 5 rings (SSSR count). The van der Waals surface area contributed by atoms with Gasteiger partial charge in [-0.25, -0.2) is 4.68 Å². The number of hydrogen-bond donors (Lipinski definition) is 0. The molecule has 0 aliphatic rings. The summed E-state index contributed by atoms with van der Waals surface area (Å²) in [6.07, 6.45) is 1.88. The molecule has 0 amide bonds. The maximum absolute atomic E-state index is 12.5. The van der Waals surface area contributed by atoms with Gasteiger partial charge in [0.15, 0.2) is 5.78 Å². The summed E-state index contributed by atoms with van der Waals surface area (Å²) in [6.45, 7) is 8.79. The normalized spacial score (nSPS) is 11.2. The lowest BCUT2D eigenvalue weighted by Gasteiger charge is -2.09. The number of nitrogens with zero attached hydrogens (tertiary/aromatic N) is 4. The predicted octanol–water partition coefficient (Wildman–Crippen LogP) is 5.98.